The van der Waals surface area contributed by atoms with Crippen LogP contribution in [0.3, 0.4) is 0 Å². The molecule has 48 heavy (non-hydrogen) atoms. The second kappa shape index (κ2) is 13.9. The van der Waals surface area contributed by atoms with E-state index < -0.39 is 12.0 Å². The second-order valence-corrected chi connectivity index (χ2v) is 12.3. The van der Waals surface area contributed by atoms with Crippen molar-refractivity contribution in [1.29, 1.82) is 0 Å². The Morgan fingerprint density at radius 1 is 0.917 bits per heavy atom. The maximum atomic E-state index is 14.7. The molecule has 0 aliphatic carbocycles. The average molecular weight is 664 g/mol. The van der Waals surface area contributed by atoms with Gasteiger partial charge in [0, 0.05) is 24.2 Å². The summed E-state index contributed by atoms with van der Waals surface area (Å²) in [6.45, 7) is 8.42. The summed E-state index contributed by atoms with van der Waals surface area (Å²) >= 11 is 1.24. The molecular weight excluding hydrogens is 627 g/mol. The molecule has 4 aromatic carbocycles. The molecule has 10 heteroatoms. The third kappa shape index (κ3) is 5.88. The lowest BCUT2D eigenvalue weighted by atomic mass is 9.90. The Hall–Kier alpha value is -5.22. The molecule has 0 unspecified atom stereocenters. The molecule has 0 fully saturated rings. The van der Waals surface area contributed by atoms with E-state index in [-0.39, 0.29) is 24.7 Å². The number of amides is 1. The zero-order valence-electron chi connectivity index (χ0n) is 27.6. The number of allylic oxidation sites excluding steroid dienone is 1. The lowest BCUT2D eigenvalue weighted by Gasteiger charge is -2.30. The molecule has 0 N–H and O–H groups in total. The first-order valence-corrected chi connectivity index (χ1v) is 16.8. The number of rotatable bonds is 10. The first-order valence-electron chi connectivity index (χ1n) is 16.0. The average Bonchev–Trinajstić information content (AvgIpc) is 3.40. The van der Waals surface area contributed by atoms with Crippen molar-refractivity contribution in [3.05, 3.63) is 115 Å². The van der Waals surface area contributed by atoms with Gasteiger partial charge >= 0.3 is 5.97 Å². The molecule has 1 aliphatic rings. The van der Waals surface area contributed by atoms with Gasteiger partial charge in [-0.25, -0.2) is 9.79 Å². The maximum absolute atomic E-state index is 14.7. The molecule has 1 aliphatic heterocycles. The van der Waals surface area contributed by atoms with Crippen molar-refractivity contribution in [3.8, 4) is 11.5 Å². The van der Waals surface area contributed by atoms with Crippen molar-refractivity contribution in [3.63, 3.8) is 0 Å². The van der Waals surface area contributed by atoms with E-state index in [1.165, 1.54) is 11.3 Å². The summed E-state index contributed by atoms with van der Waals surface area (Å²) in [7, 11) is 1.60. The summed E-state index contributed by atoms with van der Waals surface area (Å²) in [5, 5.41) is 3.63. The zero-order chi connectivity index (χ0) is 33.9. The van der Waals surface area contributed by atoms with Crippen molar-refractivity contribution < 1.29 is 23.8 Å². The van der Waals surface area contributed by atoms with E-state index in [0.29, 0.717) is 50.8 Å². The van der Waals surface area contributed by atoms with Crippen molar-refractivity contribution >= 4 is 50.8 Å². The largest absolute Gasteiger partial charge is 0.496 e. The molecular formula is C38H37N3O6S. The molecule has 0 bridgehead atoms. The van der Waals surface area contributed by atoms with Crippen molar-refractivity contribution in [2.24, 2.45) is 4.99 Å². The highest BCUT2D eigenvalue weighted by Gasteiger charge is 2.36. The van der Waals surface area contributed by atoms with Gasteiger partial charge in [0.25, 0.3) is 11.5 Å². The summed E-state index contributed by atoms with van der Waals surface area (Å²) in [6, 6.07) is 22.4. The number of ether oxygens (including phenoxy) is 3. The normalized spacial score (nSPS) is 14.5. The van der Waals surface area contributed by atoms with Crippen LogP contribution in [-0.4, -0.2) is 54.8 Å². The van der Waals surface area contributed by atoms with Crippen molar-refractivity contribution in [2.45, 2.75) is 33.7 Å². The van der Waals surface area contributed by atoms with Crippen LogP contribution in [0.15, 0.2) is 93.9 Å². The van der Waals surface area contributed by atoms with Crippen LogP contribution in [0.5, 0.6) is 11.5 Å². The van der Waals surface area contributed by atoms with Gasteiger partial charge < -0.3 is 19.1 Å². The van der Waals surface area contributed by atoms with E-state index in [2.05, 4.69) is 0 Å². The van der Waals surface area contributed by atoms with E-state index in [1.54, 1.807) is 35.6 Å². The molecule has 1 aromatic heterocycles. The number of aromatic nitrogens is 1. The Morgan fingerprint density at radius 2 is 1.56 bits per heavy atom. The van der Waals surface area contributed by atoms with Crippen LogP contribution in [0, 0.1) is 0 Å². The minimum atomic E-state index is -0.801. The Kier molecular flexibility index (Phi) is 9.45. The first kappa shape index (κ1) is 32.7. The predicted octanol–water partition coefficient (Wildman–Crippen LogP) is 5.36. The number of fused-ring (bicyclic) bond motifs is 3. The highest BCUT2D eigenvalue weighted by Crippen LogP contribution is 2.40. The van der Waals surface area contributed by atoms with Gasteiger partial charge in [-0.1, -0.05) is 72.0 Å². The van der Waals surface area contributed by atoms with E-state index in [9.17, 15) is 14.4 Å². The van der Waals surface area contributed by atoms with Gasteiger partial charge in [0.05, 0.1) is 29.5 Å². The molecule has 0 radical (unpaired) electrons. The number of benzene rings is 4. The minimum Gasteiger partial charge on any atom is -0.496 e. The lowest BCUT2D eigenvalue weighted by Crippen LogP contribution is -2.43. The third-order valence-corrected chi connectivity index (χ3v) is 9.57. The smallest absolute Gasteiger partial charge is 0.344 e. The van der Waals surface area contributed by atoms with Crippen LogP contribution in [0.1, 0.15) is 44.9 Å². The summed E-state index contributed by atoms with van der Waals surface area (Å²) in [4.78, 5) is 48.2. The standard InChI is InChI=1S/C38H37N3O6S/c1-6-40(7-2)37(44)33-23(4)39-38-41(35(33)34-27-16-12-10-14-25(27)18-20-30(34)45-5)36(43)31(48-38)21-28-26-15-11-9-13-24(26)17-19-29(28)47-22-32(42)46-8-3/h9-21,35H,6-8,22H2,1-5H3/b31-21+/t35-/m1/s1. The molecule has 6 rings (SSSR count). The molecule has 1 amide bonds. The fourth-order valence-electron chi connectivity index (χ4n) is 6.31. The summed E-state index contributed by atoms with van der Waals surface area (Å²) < 4.78 is 19.0. The van der Waals surface area contributed by atoms with Gasteiger partial charge in [-0.05, 0) is 67.4 Å². The number of hydrogen-bond donors (Lipinski definition) is 0. The Bertz CT molecular complexity index is 2260. The number of likely N-dealkylation sites (N-methyl/N-ethyl adjacent to an activating group) is 1. The molecule has 0 saturated carbocycles. The van der Waals surface area contributed by atoms with Crippen LogP contribution in [0.2, 0.25) is 0 Å². The quantitative estimate of drug-likeness (QED) is 0.187. The fraction of sp³-hybridized carbons (Fsp3) is 0.263. The molecule has 0 saturated heterocycles. The maximum Gasteiger partial charge on any atom is 0.344 e. The van der Waals surface area contributed by atoms with Crippen LogP contribution >= 0.6 is 11.3 Å². The highest BCUT2D eigenvalue weighted by molar-refractivity contribution is 7.07. The number of nitrogens with zero attached hydrogens (tertiary/aromatic N) is 3. The van der Waals surface area contributed by atoms with Crippen LogP contribution < -0.4 is 24.4 Å². The Balaban J connectivity index is 1.63. The number of thiazole rings is 1. The highest BCUT2D eigenvalue weighted by atomic mass is 32.1. The summed E-state index contributed by atoms with van der Waals surface area (Å²) in [6.07, 6.45) is 1.79. The second-order valence-electron chi connectivity index (χ2n) is 11.3. The van der Waals surface area contributed by atoms with E-state index >= 15 is 0 Å². The fourth-order valence-corrected chi connectivity index (χ4v) is 7.33. The number of hydrogen-bond acceptors (Lipinski definition) is 8. The van der Waals surface area contributed by atoms with Gasteiger partial charge in [0.2, 0.25) is 0 Å². The first-order chi connectivity index (χ1) is 23.3. The van der Waals surface area contributed by atoms with Crippen LogP contribution in [0.4, 0.5) is 0 Å². The van der Waals surface area contributed by atoms with Gasteiger partial charge in [-0.3, -0.25) is 14.2 Å². The summed E-state index contributed by atoms with van der Waals surface area (Å²) in [5.41, 5.74) is 2.04. The predicted molar refractivity (Wildman–Crippen MR) is 188 cm³/mol. The molecule has 0 spiro atoms. The molecule has 5 aromatic rings. The lowest BCUT2D eigenvalue weighted by molar-refractivity contribution is -0.145. The molecule has 2 heterocycles. The van der Waals surface area contributed by atoms with Gasteiger partial charge in [0.1, 0.15) is 17.5 Å². The van der Waals surface area contributed by atoms with Gasteiger partial charge in [-0.2, -0.15) is 0 Å². The van der Waals surface area contributed by atoms with Crippen molar-refractivity contribution in [2.75, 3.05) is 33.4 Å². The van der Waals surface area contributed by atoms with E-state index in [1.807, 2.05) is 87.5 Å². The van der Waals surface area contributed by atoms with Crippen LogP contribution in [-0.2, 0) is 14.3 Å². The third-order valence-electron chi connectivity index (χ3n) is 8.58. The number of carbonyl (C=O) groups excluding carboxylic acids is 2. The zero-order valence-corrected chi connectivity index (χ0v) is 28.4. The number of carbonyl (C=O) groups is 2. The topological polar surface area (TPSA) is 99.4 Å². The summed E-state index contributed by atoms with van der Waals surface area (Å²) in [5.74, 6) is 0.338. The van der Waals surface area contributed by atoms with E-state index in [0.717, 1.165) is 27.1 Å². The van der Waals surface area contributed by atoms with E-state index in [4.69, 9.17) is 19.2 Å². The van der Waals surface area contributed by atoms with Gasteiger partial charge in [0.15, 0.2) is 11.4 Å². The molecule has 9 nitrogen and oxygen atoms in total. The minimum absolute atomic E-state index is 0.181. The molecule has 1 atom stereocenters. The number of esters is 1. The monoisotopic (exact) mass is 663 g/mol. The van der Waals surface area contributed by atoms with Crippen molar-refractivity contribution in [1.82, 2.24) is 9.47 Å². The van der Waals surface area contributed by atoms with Gasteiger partial charge in [-0.15, -0.1) is 0 Å². The Labute approximate surface area is 282 Å². The number of methoxy groups -OCH3 is 1. The molecule has 246 valence electrons. The van der Waals surface area contributed by atoms with Crippen LogP contribution in [0.25, 0.3) is 27.6 Å². The Morgan fingerprint density at radius 3 is 2.23 bits per heavy atom. The SMILES string of the molecule is CCOC(=O)COc1ccc2ccccc2c1/C=c1/sc2n(c1=O)[C@@H](c1c(OC)ccc3ccccc13)C(C(=O)N(CC)CC)=C(C)N=2.